The molecule has 22 heavy (non-hydrogen) atoms. The van der Waals surface area contributed by atoms with Crippen LogP contribution < -0.4 is 5.32 Å². The summed E-state index contributed by atoms with van der Waals surface area (Å²) in [4.78, 5) is 9.78. The smallest absolute Gasteiger partial charge is 0.170 e. The standard InChI is InChI=1S/C16H15N5S/c1-9-8-10(2)18-16-12(9)13-14(22-16)15(20-21(13)3)19-11-4-6-17-7-5-11/h4-8H,1-3H3,(H,17,19,20). The van der Waals surface area contributed by atoms with Crippen LogP contribution in [0, 0.1) is 13.8 Å². The zero-order valence-electron chi connectivity index (χ0n) is 12.6. The molecule has 0 spiro atoms. The van der Waals surface area contributed by atoms with E-state index in [1.807, 2.05) is 30.8 Å². The highest BCUT2D eigenvalue weighted by Gasteiger charge is 2.18. The van der Waals surface area contributed by atoms with Crippen LogP contribution in [0.4, 0.5) is 11.5 Å². The van der Waals surface area contributed by atoms with E-state index in [-0.39, 0.29) is 0 Å². The lowest BCUT2D eigenvalue weighted by molar-refractivity contribution is 0.803. The van der Waals surface area contributed by atoms with E-state index < -0.39 is 0 Å². The lowest BCUT2D eigenvalue weighted by Crippen LogP contribution is -1.95. The van der Waals surface area contributed by atoms with Gasteiger partial charge in [-0.3, -0.25) is 9.67 Å². The monoisotopic (exact) mass is 309 g/mol. The average molecular weight is 309 g/mol. The van der Waals surface area contributed by atoms with Gasteiger partial charge in [-0.15, -0.1) is 11.3 Å². The average Bonchev–Trinajstić information content (AvgIpc) is 2.99. The fourth-order valence-corrected chi connectivity index (χ4v) is 4.05. The first-order chi connectivity index (χ1) is 10.6. The van der Waals surface area contributed by atoms with Crippen LogP contribution in [0.3, 0.4) is 0 Å². The first kappa shape index (κ1) is 13.2. The van der Waals surface area contributed by atoms with Gasteiger partial charge in [-0.25, -0.2) is 4.98 Å². The zero-order valence-corrected chi connectivity index (χ0v) is 13.4. The third-order valence-corrected chi connectivity index (χ3v) is 4.77. The van der Waals surface area contributed by atoms with Crippen molar-refractivity contribution >= 4 is 43.3 Å². The zero-order chi connectivity index (χ0) is 15.3. The number of nitrogens with zero attached hydrogens (tertiary/aromatic N) is 4. The highest BCUT2D eigenvalue weighted by Crippen LogP contribution is 2.39. The summed E-state index contributed by atoms with van der Waals surface area (Å²) in [5, 5.41) is 9.20. The molecule has 0 aliphatic heterocycles. The van der Waals surface area contributed by atoms with Gasteiger partial charge in [0.2, 0.25) is 0 Å². The van der Waals surface area contributed by atoms with Crippen molar-refractivity contribution in [3.05, 3.63) is 41.9 Å². The Kier molecular flexibility index (Phi) is 2.87. The number of hydrogen-bond acceptors (Lipinski definition) is 5. The topological polar surface area (TPSA) is 55.6 Å². The lowest BCUT2D eigenvalue weighted by Gasteiger charge is -2.01. The van der Waals surface area contributed by atoms with Gasteiger partial charge < -0.3 is 5.32 Å². The highest BCUT2D eigenvalue weighted by molar-refractivity contribution is 7.26. The summed E-state index contributed by atoms with van der Waals surface area (Å²) < 4.78 is 3.07. The Hall–Kier alpha value is -2.47. The summed E-state index contributed by atoms with van der Waals surface area (Å²) in [5.41, 5.74) is 4.41. The largest absolute Gasteiger partial charge is 0.337 e. The van der Waals surface area contributed by atoms with E-state index in [0.717, 1.165) is 32.2 Å². The highest BCUT2D eigenvalue weighted by atomic mass is 32.1. The van der Waals surface area contributed by atoms with Gasteiger partial charge in [0.25, 0.3) is 0 Å². The fraction of sp³-hybridized carbons (Fsp3) is 0.188. The van der Waals surface area contributed by atoms with Gasteiger partial charge in [0.05, 0.1) is 10.2 Å². The molecule has 0 aliphatic carbocycles. The van der Waals surface area contributed by atoms with Gasteiger partial charge in [0.1, 0.15) is 4.83 Å². The van der Waals surface area contributed by atoms with Crippen molar-refractivity contribution in [3.63, 3.8) is 0 Å². The van der Waals surface area contributed by atoms with E-state index in [1.165, 1.54) is 10.9 Å². The Balaban J connectivity index is 1.96. The molecule has 110 valence electrons. The molecule has 0 saturated heterocycles. The number of rotatable bonds is 2. The molecule has 0 unspecified atom stereocenters. The molecule has 0 aliphatic rings. The molecule has 0 atom stereocenters. The quantitative estimate of drug-likeness (QED) is 0.609. The maximum atomic E-state index is 4.67. The van der Waals surface area contributed by atoms with Crippen molar-refractivity contribution in [2.24, 2.45) is 7.05 Å². The first-order valence-corrected chi connectivity index (χ1v) is 7.85. The number of aryl methyl sites for hydroxylation is 3. The summed E-state index contributed by atoms with van der Waals surface area (Å²) in [7, 11) is 1.98. The Morgan fingerprint density at radius 1 is 1.18 bits per heavy atom. The third kappa shape index (κ3) is 1.95. The van der Waals surface area contributed by atoms with Crippen LogP contribution in [0.5, 0.6) is 0 Å². The van der Waals surface area contributed by atoms with E-state index in [4.69, 9.17) is 0 Å². The van der Waals surface area contributed by atoms with Crippen LogP contribution in [-0.2, 0) is 7.05 Å². The van der Waals surface area contributed by atoms with Gasteiger partial charge in [-0.1, -0.05) is 0 Å². The van der Waals surface area contributed by atoms with Gasteiger partial charge in [-0.05, 0) is 37.6 Å². The minimum atomic E-state index is 0.865. The first-order valence-electron chi connectivity index (χ1n) is 7.04. The minimum Gasteiger partial charge on any atom is -0.337 e. The van der Waals surface area contributed by atoms with Crippen molar-refractivity contribution in [2.45, 2.75) is 13.8 Å². The second-order valence-corrected chi connectivity index (χ2v) is 6.37. The van der Waals surface area contributed by atoms with Gasteiger partial charge in [-0.2, -0.15) is 5.10 Å². The van der Waals surface area contributed by atoms with Crippen molar-refractivity contribution in [3.8, 4) is 0 Å². The molecule has 0 fully saturated rings. The number of aromatic nitrogens is 4. The molecule has 0 amide bonds. The molecular formula is C16H15N5S. The number of pyridine rings is 2. The predicted molar refractivity (Wildman–Crippen MR) is 90.9 cm³/mol. The number of nitrogens with one attached hydrogen (secondary N) is 1. The van der Waals surface area contributed by atoms with E-state index in [1.54, 1.807) is 23.7 Å². The maximum absolute atomic E-state index is 4.67. The molecule has 4 rings (SSSR count). The molecule has 0 bridgehead atoms. The molecule has 6 heteroatoms. The molecule has 0 saturated carbocycles. The van der Waals surface area contributed by atoms with Gasteiger partial charge in [0.15, 0.2) is 5.82 Å². The van der Waals surface area contributed by atoms with Crippen molar-refractivity contribution < 1.29 is 0 Å². The number of fused-ring (bicyclic) bond motifs is 3. The third-order valence-electron chi connectivity index (χ3n) is 3.69. The number of anilines is 2. The van der Waals surface area contributed by atoms with E-state index in [0.29, 0.717) is 0 Å². The van der Waals surface area contributed by atoms with E-state index in [9.17, 15) is 0 Å². The van der Waals surface area contributed by atoms with Gasteiger partial charge >= 0.3 is 0 Å². The predicted octanol–water partition coefficient (Wildman–Crippen LogP) is 3.94. The number of hydrogen-bond donors (Lipinski definition) is 1. The summed E-state index contributed by atoms with van der Waals surface area (Å²) in [6.07, 6.45) is 3.53. The Morgan fingerprint density at radius 2 is 1.95 bits per heavy atom. The van der Waals surface area contributed by atoms with Crippen LogP contribution in [0.15, 0.2) is 30.6 Å². The van der Waals surface area contributed by atoms with Crippen LogP contribution in [0.2, 0.25) is 0 Å². The molecule has 4 aromatic rings. The van der Waals surface area contributed by atoms with Crippen molar-refractivity contribution in [2.75, 3.05) is 5.32 Å². The number of thiophene rings is 1. The summed E-state index contributed by atoms with van der Waals surface area (Å²) in [6.45, 7) is 4.16. The van der Waals surface area contributed by atoms with Crippen LogP contribution in [0.1, 0.15) is 11.3 Å². The van der Waals surface area contributed by atoms with Crippen molar-refractivity contribution in [1.29, 1.82) is 0 Å². The van der Waals surface area contributed by atoms with E-state index >= 15 is 0 Å². The molecule has 1 N–H and O–H groups in total. The van der Waals surface area contributed by atoms with Crippen LogP contribution in [-0.4, -0.2) is 19.7 Å². The molecule has 4 heterocycles. The Bertz CT molecular complexity index is 984. The summed E-state index contributed by atoms with van der Waals surface area (Å²) in [5.74, 6) is 0.865. The summed E-state index contributed by atoms with van der Waals surface area (Å²) in [6, 6.07) is 5.99. The SMILES string of the molecule is Cc1cc(C)c2c(n1)sc1c(Nc3ccncc3)nn(C)c12. The molecular weight excluding hydrogens is 294 g/mol. The Labute approximate surface area is 131 Å². The normalized spacial score (nSPS) is 11.4. The summed E-state index contributed by atoms with van der Waals surface area (Å²) >= 11 is 1.68. The maximum Gasteiger partial charge on any atom is 0.170 e. The van der Waals surface area contributed by atoms with Crippen molar-refractivity contribution in [1.82, 2.24) is 19.7 Å². The second-order valence-electron chi connectivity index (χ2n) is 5.37. The molecule has 5 nitrogen and oxygen atoms in total. The van der Waals surface area contributed by atoms with Crippen LogP contribution in [0.25, 0.3) is 20.4 Å². The fourth-order valence-electron chi connectivity index (χ4n) is 2.79. The molecule has 0 radical (unpaired) electrons. The molecule has 0 aromatic carbocycles. The van der Waals surface area contributed by atoms with E-state index in [2.05, 4.69) is 33.4 Å². The lowest BCUT2D eigenvalue weighted by atomic mass is 10.1. The Morgan fingerprint density at radius 3 is 2.73 bits per heavy atom. The second kappa shape index (κ2) is 4.78. The minimum absolute atomic E-state index is 0.865. The molecule has 4 aromatic heterocycles. The van der Waals surface area contributed by atoms with Gasteiger partial charge in [0, 0.05) is 36.2 Å². The van der Waals surface area contributed by atoms with Crippen LogP contribution >= 0.6 is 11.3 Å².